The minimum absolute atomic E-state index is 0.730. The third-order valence-corrected chi connectivity index (χ3v) is 2.95. The van der Waals surface area contributed by atoms with Crippen molar-refractivity contribution in [2.24, 2.45) is 0 Å². The van der Waals surface area contributed by atoms with Crippen LogP contribution in [0.5, 0.6) is 0 Å². The zero-order chi connectivity index (χ0) is 13.1. The summed E-state index contributed by atoms with van der Waals surface area (Å²) in [5.41, 5.74) is 3.06. The fourth-order valence-corrected chi connectivity index (χ4v) is 1.75. The Morgan fingerprint density at radius 1 is 1.22 bits per heavy atom. The van der Waals surface area contributed by atoms with Crippen LogP contribution < -0.4 is 5.32 Å². The molecule has 0 saturated heterocycles. The Balaban J connectivity index is 2.44. The predicted molar refractivity (Wildman–Crippen MR) is 72.6 cm³/mol. The van der Waals surface area contributed by atoms with Gasteiger partial charge in [-0.05, 0) is 27.7 Å². The lowest BCUT2D eigenvalue weighted by Gasteiger charge is -2.10. The average Bonchev–Trinajstić information content (AvgIpc) is 2.83. The summed E-state index contributed by atoms with van der Waals surface area (Å²) in [6.07, 6.45) is 3.78. The van der Waals surface area contributed by atoms with E-state index in [1.807, 2.05) is 30.9 Å². The molecule has 0 bridgehead atoms. The molecule has 2 heterocycles. The van der Waals surface area contributed by atoms with Gasteiger partial charge in [-0.1, -0.05) is 0 Å². The first-order valence-corrected chi connectivity index (χ1v) is 6.27. The molecule has 0 aromatic carbocycles. The van der Waals surface area contributed by atoms with E-state index in [1.54, 1.807) is 0 Å². The summed E-state index contributed by atoms with van der Waals surface area (Å²) in [6, 6.07) is 0. The molecule has 96 valence electrons. The number of aryl methyl sites for hydroxylation is 2. The molecule has 0 aliphatic rings. The van der Waals surface area contributed by atoms with Crippen molar-refractivity contribution in [3.05, 3.63) is 23.7 Å². The highest BCUT2D eigenvalue weighted by molar-refractivity contribution is 5.58. The van der Waals surface area contributed by atoms with Crippen molar-refractivity contribution in [3.8, 4) is 11.4 Å². The maximum Gasteiger partial charge on any atom is 0.164 e. The zero-order valence-electron chi connectivity index (χ0n) is 11.4. The van der Waals surface area contributed by atoms with Gasteiger partial charge in [0, 0.05) is 30.5 Å². The monoisotopic (exact) mass is 245 g/mol. The quantitative estimate of drug-likeness (QED) is 0.898. The van der Waals surface area contributed by atoms with Gasteiger partial charge < -0.3 is 5.32 Å². The Hall–Kier alpha value is -1.91. The third-order valence-electron chi connectivity index (χ3n) is 2.95. The molecule has 0 fully saturated rings. The molecule has 0 aliphatic heterocycles. The summed E-state index contributed by atoms with van der Waals surface area (Å²) in [6.45, 7) is 9.86. The van der Waals surface area contributed by atoms with Gasteiger partial charge in [0.2, 0.25) is 0 Å². The Labute approximate surface area is 107 Å². The molecule has 0 radical (unpaired) electrons. The highest BCUT2D eigenvalue weighted by Gasteiger charge is 2.10. The Morgan fingerprint density at radius 3 is 2.61 bits per heavy atom. The Morgan fingerprint density at radius 2 is 2.00 bits per heavy atom. The van der Waals surface area contributed by atoms with Crippen LogP contribution in [0.3, 0.4) is 0 Å². The van der Waals surface area contributed by atoms with Crippen LogP contribution in [0.25, 0.3) is 11.4 Å². The number of nitrogens with one attached hydrogen (secondary N) is 1. The smallest absolute Gasteiger partial charge is 0.164 e. The molecule has 0 unspecified atom stereocenters. The van der Waals surface area contributed by atoms with Crippen LogP contribution in [-0.2, 0) is 6.54 Å². The number of rotatable bonds is 4. The van der Waals surface area contributed by atoms with Crippen LogP contribution in [0.1, 0.15) is 25.1 Å². The molecule has 18 heavy (non-hydrogen) atoms. The predicted octanol–water partition coefficient (Wildman–Crippen LogP) is 2.41. The molecular weight excluding hydrogens is 226 g/mol. The summed E-state index contributed by atoms with van der Waals surface area (Å²) in [5, 5.41) is 7.52. The van der Waals surface area contributed by atoms with Crippen molar-refractivity contribution in [3.63, 3.8) is 0 Å². The number of nitrogens with zero attached hydrogens (tertiary/aromatic N) is 4. The maximum absolute atomic E-state index is 4.57. The number of hydrogen-bond donors (Lipinski definition) is 1. The Bertz CT molecular complexity index is 544. The van der Waals surface area contributed by atoms with Crippen molar-refractivity contribution in [2.45, 2.75) is 34.2 Å². The van der Waals surface area contributed by atoms with Crippen molar-refractivity contribution >= 4 is 5.82 Å². The molecule has 0 spiro atoms. The second-order valence-electron chi connectivity index (χ2n) is 4.22. The van der Waals surface area contributed by atoms with Gasteiger partial charge in [-0.3, -0.25) is 4.68 Å². The second kappa shape index (κ2) is 5.16. The third kappa shape index (κ3) is 2.34. The first-order chi connectivity index (χ1) is 8.65. The minimum atomic E-state index is 0.730. The van der Waals surface area contributed by atoms with E-state index in [0.29, 0.717) is 0 Å². The lowest BCUT2D eigenvalue weighted by molar-refractivity contribution is 0.660. The van der Waals surface area contributed by atoms with E-state index in [4.69, 9.17) is 0 Å². The normalized spacial score (nSPS) is 10.7. The van der Waals surface area contributed by atoms with Crippen molar-refractivity contribution < 1.29 is 0 Å². The van der Waals surface area contributed by atoms with Gasteiger partial charge in [0.05, 0.1) is 11.8 Å². The fraction of sp³-hybridized carbons (Fsp3) is 0.462. The maximum atomic E-state index is 4.57. The summed E-state index contributed by atoms with van der Waals surface area (Å²) in [4.78, 5) is 9.09. The molecule has 0 amide bonds. The largest absolute Gasteiger partial charge is 0.370 e. The molecule has 0 atom stereocenters. The second-order valence-corrected chi connectivity index (χ2v) is 4.22. The summed E-state index contributed by atoms with van der Waals surface area (Å²) < 4.78 is 1.88. The van der Waals surface area contributed by atoms with E-state index >= 15 is 0 Å². The highest BCUT2D eigenvalue weighted by atomic mass is 15.3. The molecular formula is C13H19N5. The molecule has 0 aliphatic carbocycles. The van der Waals surface area contributed by atoms with Crippen molar-refractivity contribution in [1.82, 2.24) is 19.7 Å². The molecule has 2 rings (SSSR count). The van der Waals surface area contributed by atoms with Crippen LogP contribution in [0, 0.1) is 13.8 Å². The molecule has 5 heteroatoms. The topological polar surface area (TPSA) is 55.6 Å². The lowest BCUT2D eigenvalue weighted by Crippen LogP contribution is -2.05. The lowest BCUT2D eigenvalue weighted by atomic mass is 10.2. The van der Waals surface area contributed by atoms with Gasteiger partial charge in [-0.25, -0.2) is 9.97 Å². The van der Waals surface area contributed by atoms with Crippen LogP contribution in [0.4, 0.5) is 5.82 Å². The summed E-state index contributed by atoms with van der Waals surface area (Å²) in [5.74, 6) is 1.64. The highest BCUT2D eigenvalue weighted by Crippen LogP contribution is 2.21. The van der Waals surface area contributed by atoms with Crippen LogP contribution in [0.2, 0.25) is 0 Å². The minimum Gasteiger partial charge on any atom is -0.370 e. The number of anilines is 1. The SMILES string of the molecule is CCNc1nc(-c2cnn(CC)c2)nc(C)c1C. The van der Waals surface area contributed by atoms with E-state index in [1.165, 1.54) is 0 Å². The summed E-state index contributed by atoms with van der Waals surface area (Å²) in [7, 11) is 0. The fourth-order valence-electron chi connectivity index (χ4n) is 1.75. The van der Waals surface area contributed by atoms with Gasteiger partial charge in [0.1, 0.15) is 5.82 Å². The standard InChI is InChI=1S/C13H19N5/c1-5-14-12-9(3)10(4)16-13(17-12)11-7-15-18(6-2)8-11/h7-8H,5-6H2,1-4H3,(H,14,16,17). The first kappa shape index (κ1) is 12.5. The summed E-state index contributed by atoms with van der Waals surface area (Å²) >= 11 is 0. The van der Waals surface area contributed by atoms with Gasteiger partial charge in [-0.2, -0.15) is 5.10 Å². The van der Waals surface area contributed by atoms with Crippen molar-refractivity contribution in [2.75, 3.05) is 11.9 Å². The molecule has 2 aromatic rings. The van der Waals surface area contributed by atoms with Gasteiger partial charge in [0.25, 0.3) is 0 Å². The number of aromatic nitrogens is 4. The van der Waals surface area contributed by atoms with E-state index in [0.717, 1.165) is 41.6 Å². The Kier molecular flexibility index (Phi) is 3.60. The molecule has 2 aromatic heterocycles. The first-order valence-electron chi connectivity index (χ1n) is 6.27. The van der Waals surface area contributed by atoms with Gasteiger partial charge in [0.15, 0.2) is 5.82 Å². The van der Waals surface area contributed by atoms with E-state index in [9.17, 15) is 0 Å². The average molecular weight is 245 g/mol. The van der Waals surface area contributed by atoms with Crippen LogP contribution >= 0.6 is 0 Å². The van der Waals surface area contributed by atoms with Crippen LogP contribution in [0.15, 0.2) is 12.4 Å². The number of hydrogen-bond acceptors (Lipinski definition) is 4. The molecule has 1 N–H and O–H groups in total. The zero-order valence-corrected chi connectivity index (χ0v) is 11.4. The van der Waals surface area contributed by atoms with E-state index in [2.05, 4.69) is 34.2 Å². The van der Waals surface area contributed by atoms with Crippen LogP contribution in [-0.4, -0.2) is 26.3 Å². The van der Waals surface area contributed by atoms with Gasteiger partial charge >= 0.3 is 0 Å². The van der Waals surface area contributed by atoms with E-state index < -0.39 is 0 Å². The molecule has 5 nitrogen and oxygen atoms in total. The molecule has 0 saturated carbocycles. The van der Waals surface area contributed by atoms with Crippen molar-refractivity contribution in [1.29, 1.82) is 0 Å². The van der Waals surface area contributed by atoms with E-state index in [-0.39, 0.29) is 0 Å². The van der Waals surface area contributed by atoms with Gasteiger partial charge in [-0.15, -0.1) is 0 Å².